The fourth-order valence-corrected chi connectivity index (χ4v) is 4.31. The molecule has 1 rings (SSSR count). The normalized spacial score (nSPS) is 13.3. The van der Waals surface area contributed by atoms with Crippen LogP contribution in [0.1, 0.15) is 19.8 Å². The molecule has 1 aromatic carbocycles. The van der Waals surface area contributed by atoms with Gasteiger partial charge in [-0.3, -0.25) is 0 Å². The van der Waals surface area contributed by atoms with Crippen molar-refractivity contribution in [1.29, 1.82) is 0 Å². The predicted octanol–water partition coefficient (Wildman–Crippen LogP) is 3.28. The smallest absolute Gasteiger partial charge is 0.178 e. The Labute approximate surface area is 118 Å². The van der Waals surface area contributed by atoms with Gasteiger partial charge < -0.3 is 4.74 Å². The number of methoxy groups -OCH3 is 1. The number of hydrogen-bond acceptors (Lipinski definition) is 3. The van der Waals surface area contributed by atoms with Crippen molar-refractivity contribution >= 4 is 25.8 Å². The van der Waals surface area contributed by atoms with Crippen LogP contribution in [0.3, 0.4) is 0 Å². The van der Waals surface area contributed by atoms with Crippen molar-refractivity contribution < 1.29 is 13.2 Å². The van der Waals surface area contributed by atoms with E-state index in [1.165, 1.54) is 0 Å². The molecule has 0 heterocycles. The molecule has 5 heteroatoms. The first-order valence-corrected chi connectivity index (χ1v) is 8.73. The van der Waals surface area contributed by atoms with Crippen LogP contribution in [0.2, 0.25) is 0 Å². The summed E-state index contributed by atoms with van der Waals surface area (Å²) >= 11 is 3.38. The van der Waals surface area contributed by atoms with E-state index in [0.717, 1.165) is 18.2 Å². The number of hydrogen-bond donors (Lipinski definition) is 0. The maximum absolute atomic E-state index is 12.2. The topological polar surface area (TPSA) is 43.4 Å². The highest BCUT2D eigenvalue weighted by Crippen LogP contribution is 2.21. The molecule has 102 valence electrons. The van der Waals surface area contributed by atoms with Crippen molar-refractivity contribution in [3.63, 3.8) is 0 Å². The van der Waals surface area contributed by atoms with Crippen molar-refractivity contribution in [3.05, 3.63) is 24.3 Å². The predicted molar refractivity (Wildman–Crippen MR) is 77.2 cm³/mol. The molecule has 3 nitrogen and oxygen atoms in total. The molecule has 0 saturated heterocycles. The Bertz CT molecular complexity index is 454. The Hall–Kier alpha value is -0.550. The molecule has 0 aromatic heterocycles. The van der Waals surface area contributed by atoms with Gasteiger partial charge in [-0.2, -0.15) is 0 Å². The van der Waals surface area contributed by atoms with E-state index in [9.17, 15) is 8.42 Å². The van der Waals surface area contributed by atoms with E-state index in [4.69, 9.17) is 4.74 Å². The molecule has 0 aliphatic heterocycles. The molecule has 0 N–H and O–H groups in total. The SMILES string of the molecule is CCCC(CBr)CS(=O)(=O)c1ccc(OC)cc1. The summed E-state index contributed by atoms with van der Waals surface area (Å²) in [5.74, 6) is 1.03. The summed E-state index contributed by atoms with van der Waals surface area (Å²) in [6.45, 7) is 2.07. The molecule has 0 bridgehead atoms. The monoisotopic (exact) mass is 334 g/mol. The van der Waals surface area contributed by atoms with E-state index in [-0.39, 0.29) is 11.7 Å². The summed E-state index contributed by atoms with van der Waals surface area (Å²) in [5, 5.41) is 0.718. The van der Waals surface area contributed by atoms with Crippen LogP contribution >= 0.6 is 15.9 Å². The van der Waals surface area contributed by atoms with Crippen LogP contribution in [0.4, 0.5) is 0 Å². The van der Waals surface area contributed by atoms with Crippen LogP contribution in [-0.4, -0.2) is 26.6 Å². The summed E-state index contributed by atoms with van der Waals surface area (Å²) < 4.78 is 29.4. The molecular formula is C13H19BrO3S. The van der Waals surface area contributed by atoms with Gasteiger partial charge in [-0.05, 0) is 36.6 Å². The molecule has 0 saturated carbocycles. The first-order chi connectivity index (χ1) is 8.53. The highest BCUT2D eigenvalue weighted by molar-refractivity contribution is 9.09. The van der Waals surface area contributed by atoms with Crippen molar-refractivity contribution in [2.45, 2.75) is 24.7 Å². The lowest BCUT2D eigenvalue weighted by atomic mass is 10.1. The lowest BCUT2D eigenvalue weighted by Crippen LogP contribution is -2.17. The molecule has 1 atom stereocenters. The maximum atomic E-state index is 12.2. The van der Waals surface area contributed by atoms with E-state index in [0.29, 0.717) is 10.6 Å². The Morgan fingerprint density at radius 2 is 1.89 bits per heavy atom. The van der Waals surface area contributed by atoms with Gasteiger partial charge in [0, 0.05) is 5.33 Å². The van der Waals surface area contributed by atoms with E-state index < -0.39 is 9.84 Å². The van der Waals surface area contributed by atoms with E-state index in [1.54, 1.807) is 31.4 Å². The van der Waals surface area contributed by atoms with Crippen molar-refractivity contribution in [3.8, 4) is 5.75 Å². The molecular weight excluding hydrogens is 316 g/mol. The average Bonchev–Trinajstić information content (AvgIpc) is 2.38. The van der Waals surface area contributed by atoms with Crippen LogP contribution in [0.5, 0.6) is 5.75 Å². The van der Waals surface area contributed by atoms with Crippen LogP contribution < -0.4 is 4.74 Å². The minimum Gasteiger partial charge on any atom is -0.497 e. The van der Waals surface area contributed by atoms with Crippen molar-refractivity contribution in [2.75, 3.05) is 18.2 Å². The van der Waals surface area contributed by atoms with Gasteiger partial charge in [0.1, 0.15) is 5.75 Å². The minimum atomic E-state index is -3.20. The summed E-state index contributed by atoms with van der Waals surface area (Å²) in [5.41, 5.74) is 0. The third-order valence-corrected chi connectivity index (χ3v) is 5.61. The molecule has 1 aromatic rings. The molecule has 0 fully saturated rings. The van der Waals surface area contributed by atoms with Crippen molar-refractivity contribution in [2.24, 2.45) is 5.92 Å². The average molecular weight is 335 g/mol. The second-order valence-corrected chi connectivity index (χ2v) is 6.95. The summed E-state index contributed by atoms with van der Waals surface area (Å²) in [6, 6.07) is 6.56. The zero-order valence-electron chi connectivity index (χ0n) is 10.7. The fraction of sp³-hybridized carbons (Fsp3) is 0.538. The van der Waals surface area contributed by atoms with Gasteiger partial charge in [-0.15, -0.1) is 0 Å². The van der Waals surface area contributed by atoms with Gasteiger partial charge in [0.15, 0.2) is 9.84 Å². The Kier molecular flexibility index (Phi) is 6.15. The molecule has 18 heavy (non-hydrogen) atoms. The largest absolute Gasteiger partial charge is 0.497 e. The van der Waals surface area contributed by atoms with Crippen LogP contribution in [0.25, 0.3) is 0 Å². The minimum absolute atomic E-state index is 0.169. The second-order valence-electron chi connectivity index (χ2n) is 4.27. The van der Waals surface area contributed by atoms with Gasteiger partial charge >= 0.3 is 0 Å². The molecule has 0 aliphatic carbocycles. The van der Waals surface area contributed by atoms with Crippen molar-refractivity contribution in [1.82, 2.24) is 0 Å². The van der Waals surface area contributed by atoms with Gasteiger partial charge in [0.2, 0.25) is 0 Å². The molecule has 0 aliphatic rings. The van der Waals surface area contributed by atoms with E-state index in [2.05, 4.69) is 22.9 Å². The molecule has 0 spiro atoms. The number of ether oxygens (including phenoxy) is 1. The van der Waals surface area contributed by atoms with Gasteiger partial charge in [-0.1, -0.05) is 29.3 Å². The van der Waals surface area contributed by atoms with Crippen LogP contribution in [0.15, 0.2) is 29.2 Å². The standard InChI is InChI=1S/C13H19BrO3S/c1-3-4-11(9-14)10-18(15,16)13-7-5-12(17-2)6-8-13/h5-8,11H,3-4,9-10H2,1-2H3. The molecule has 0 radical (unpaired) electrons. The zero-order valence-corrected chi connectivity index (χ0v) is 13.1. The zero-order chi connectivity index (χ0) is 13.6. The third-order valence-electron chi connectivity index (χ3n) is 2.79. The summed E-state index contributed by atoms with van der Waals surface area (Å²) in [7, 11) is -1.64. The van der Waals surface area contributed by atoms with Crippen LogP contribution in [-0.2, 0) is 9.84 Å². The van der Waals surface area contributed by atoms with Gasteiger partial charge in [-0.25, -0.2) is 8.42 Å². The summed E-state index contributed by atoms with van der Waals surface area (Å²) in [6.07, 6.45) is 1.91. The van der Waals surface area contributed by atoms with Crippen LogP contribution in [0, 0.1) is 5.92 Å². The number of halogens is 1. The van der Waals surface area contributed by atoms with E-state index >= 15 is 0 Å². The second kappa shape index (κ2) is 7.14. The maximum Gasteiger partial charge on any atom is 0.178 e. The lowest BCUT2D eigenvalue weighted by molar-refractivity contribution is 0.414. The molecule has 0 amide bonds. The Morgan fingerprint density at radius 3 is 2.33 bits per heavy atom. The first kappa shape index (κ1) is 15.5. The first-order valence-electron chi connectivity index (χ1n) is 5.96. The fourth-order valence-electron chi connectivity index (χ4n) is 1.80. The number of alkyl halides is 1. The number of sulfone groups is 1. The quantitative estimate of drug-likeness (QED) is 0.718. The van der Waals surface area contributed by atoms with Gasteiger partial charge in [0.05, 0.1) is 17.8 Å². The third kappa shape index (κ3) is 4.28. The Balaban J connectivity index is 2.84. The lowest BCUT2D eigenvalue weighted by Gasteiger charge is -2.13. The molecule has 1 unspecified atom stereocenters. The summed E-state index contributed by atoms with van der Waals surface area (Å²) in [4.78, 5) is 0.366. The Morgan fingerprint density at radius 1 is 1.28 bits per heavy atom. The highest BCUT2D eigenvalue weighted by atomic mass is 79.9. The van der Waals surface area contributed by atoms with E-state index in [1.807, 2.05) is 0 Å². The number of rotatable bonds is 7. The number of benzene rings is 1. The highest BCUT2D eigenvalue weighted by Gasteiger charge is 2.20. The van der Waals surface area contributed by atoms with Gasteiger partial charge in [0.25, 0.3) is 0 Å².